The molecule has 0 radical (unpaired) electrons. The molecular weight excluding hydrogens is 324 g/mol. The summed E-state index contributed by atoms with van der Waals surface area (Å²) >= 11 is 0. The van der Waals surface area contributed by atoms with E-state index in [0.29, 0.717) is 5.69 Å². The van der Waals surface area contributed by atoms with E-state index in [9.17, 15) is 13.2 Å². The van der Waals surface area contributed by atoms with Gasteiger partial charge in [0, 0.05) is 6.04 Å². The topological polar surface area (TPSA) is 66.5 Å². The maximum Gasteiger partial charge on any atom is 0.243 e. The van der Waals surface area contributed by atoms with Gasteiger partial charge in [-0.15, -0.1) is 0 Å². The molecule has 1 amide bonds. The number of hydrogen-bond donors (Lipinski definition) is 1. The first-order valence-electron chi connectivity index (χ1n) is 8.56. The number of nitrogens with zero attached hydrogens (tertiary/aromatic N) is 1. The van der Waals surface area contributed by atoms with Crippen molar-refractivity contribution in [3.63, 3.8) is 0 Å². The Morgan fingerprint density at radius 3 is 2.17 bits per heavy atom. The molecule has 1 saturated carbocycles. The number of carbonyl (C=O) groups excluding carboxylic acids is 1. The maximum absolute atomic E-state index is 12.6. The van der Waals surface area contributed by atoms with Crippen molar-refractivity contribution in [2.75, 3.05) is 10.6 Å². The van der Waals surface area contributed by atoms with Gasteiger partial charge in [0.1, 0.15) is 6.04 Å². The van der Waals surface area contributed by atoms with Crippen molar-refractivity contribution in [3.8, 4) is 0 Å². The molecule has 1 aromatic carbocycles. The Labute approximate surface area is 145 Å². The van der Waals surface area contributed by atoms with Crippen LogP contribution >= 0.6 is 0 Å². The smallest absolute Gasteiger partial charge is 0.243 e. The number of aryl methyl sites for hydroxylation is 2. The Balaban J connectivity index is 2.25. The summed E-state index contributed by atoms with van der Waals surface area (Å²) in [6.45, 7) is 5.49. The molecule has 24 heavy (non-hydrogen) atoms. The van der Waals surface area contributed by atoms with Gasteiger partial charge in [0.2, 0.25) is 15.9 Å². The van der Waals surface area contributed by atoms with Crippen LogP contribution in [0.3, 0.4) is 0 Å². The number of amides is 1. The molecule has 0 bridgehead atoms. The molecule has 1 N–H and O–H groups in total. The van der Waals surface area contributed by atoms with Crippen molar-refractivity contribution in [1.82, 2.24) is 5.32 Å². The van der Waals surface area contributed by atoms with E-state index in [0.717, 1.165) is 43.1 Å². The second-order valence-electron chi connectivity index (χ2n) is 6.92. The Morgan fingerprint density at radius 1 is 1.12 bits per heavy atom. The fraction of sp³-hybridized carbons (Fsp3) is 0.611. The Bertz CT molecular complexity index is 674. The Hall–Kier alpha value is -1.56. The lowest BCUT2D eigenvalue weighted by Gasteiger charge is -2.31. The Kier molecular flexibility index (Phi) is 5.91. The fourth-order valence-corrected chi connectivity index (χ4v) is 4.61. The highest BCUT2D eigenvalue weighted by Gasteiger charge is 2.30. The van der Waals surface area contributed by atoms with Gasteiger partial charge in [0.05, 0.1) is 11.9 Å². The third kappa shape index (κ3) is 4.72. The first-order chi connectivity index (χ1) is 11.2. The van der Waals surface area contributed by atoms with Gasteiger partial charge < -0.3 is 5.32 Å². The van der Waals surface area contributed by atoms with Crippen molar-refractivity contribution in [3.05, 3.63) is 29.3 Å². The summed E-state index contributed by atoms with van der Waals surface area (Å²) in [5, 5.41) is 3.03. The minimum Gasteiger partial charge on any atom is -0.352 e. The first-order valence-corrected chi connectivity index (χ1v) is 10.4. The summed E-state index contributed by atoms with van der Waals surface area (Å²) in [5.41, 5.74) is 2.48. The van der Waals surface area contributed by atoms with E-state index >= 15 is 0 Å². The van der Waals surface area contributed by atoms with Crippen LogP contribution in [0.1, 0.15) is 50.2 Å². The van der Waals surface area contributed by atoms with Crippen LogP contribution in [0.2, 0.25) is 0 Å². The highest BCUT2D eigenvalue weighted by molar-refractivity contribution is 7.92. The molecule has 0 saturated heterocycles. The van der Waals surface area contributed by atoms with E-state index in [1.807, 2.05) is 19.9 Å². The zero-order chi connectivity index (χ0) is 17.9. The van der Waals surface area contributed by atoms with E-state index < -0.39 is 16.1 Å². The normalized spacial score (nSPS) is 17.3. The van der Waals surface area contributed by atoms with Crippen LogP contribution in [0.4, 0.5) is 5.69 Å². The van der Waals surface area contributed by atoms with E-state index in [1.165, 1.54) is 10.7 Å². The summed E-state index contributed by atoms with van der Waals surface area (Å²) in [7, 11) is -3.56. The molecule has 134 valence electrons. The summed E-state index contributed by atoms with van der Waals surface area (Å²) in [5.74, 6) is -0.230. The SMILES string of the molecule is Cc1cc(C)cc(N(C(C)C(=O)NC2CCCCC2)S(C)(=O)=O)c1. The highest BCUT2D eigenvalue weighted by Crippen LogP contribution is 2.24. The van der Waals surface area contributed by atoms with Crippen LogP contribution in [0.5, 0.6) is 0 Å². The van der Waals surface area contributed by atoms with Crippen LogP contribution in [0.15, 0.2) is 18.2 Å². The number of benzene rings is 1. The quantitative estimate of drug-likeness (QED) is 0.886. The second kappa shape index (κ2) is 7.55. The Morgan fingerprint density at radius 2 is 1.67 bits per heavy atom. The van der Waals surface area contributed by atoms with Gasteiger partial charge in [-0.3, -0.25) is 9.10 Å². The largest absolute Gasteiger partial charge is 0.352 e. The zero-order valence-corrected chi connectivity index (χ0v) is 15.8. The van der Waals surface area contributed by atoms with Crippen LogP contribution in [-0.4, -0.2) is 32.7 Å². The maximum atomic E-state index is 12.6. The molecule has 0 spiro atoms. The van der Waals surface area contributed by atoms with Gasteiger partial charge in [-0.1, -0.05) is 25.3 Å². The van der Waals surface area contributed by atoms with Crippen molar-refractivity contribution < 1.29 is 13.2 Å². The molecule has 1 aliphatic rings. The lowest BCUT2D eigenvalue weighted by Crippen LogP contribution is -2.50. The summed E-state index contributed by atoms with van der Waals surface area (Å²) < 4.78 is 25.9. The van der Waals surface area contributed by atoms with E-state index in [2.05, 4.69) is 5.32 Å². The third-order valence-electron chi connectivity index (χ3n) is 4.50. The molecular formula is C18H28N2O3S. The zero-order valence-electron chi connectivity index (χ0n) is 15.0. The average Bonchev–Trinajstić information content (AvgIpc) is 2.45. The molecule has 1 aromatic rings. The number of carbonyl (C=O) groups is 1. The standard InChI is InChI=1S/C18H28N2O3S/c1-13-10-14(2)12-17(11-13)20(24(4,22)23)15(3)18(21)19-16-8-6-5-7-9-16/h10-12,15-16H,5-9H2,1-4H3,(H,19,21). The number of rotatable bonds is 5. The van der Waals surface area contributed by atoms with E-state index in [-0.39, 0.29) is 11.9 Å². The predicted octanol–water partition coefficient (Wildman–Crippen LogP) is 2.91. The van der Waals surface area contributed by atoms with Gasteiger partial charge in [0.15, 0.2) is 0 Å². The summed E-state index contributed by atoms with van der Waals surface area (Å²) in [6, 6.07) is 4.98. The molecule has 6 heteroatoms. The fourth-order valence-electron chi connectivity index (χ4n) is 3.46. The molecule has 0 aliphatic heterocycles. The van der Waals surface area contributed by atoms with Crippen LogP contribution < -0.4 is 9.62 Å². The van der Waals surface area contributed by atoms with Crippen LogP contribution in [0.25, 0.3) is 0 Å². The van der Waals surface area contributed by atoms with Crippen molar-refractivity contribution in [2.24, 2.45) is 0 Å². The van der Waals surface area contributed by atoms with Gasteiger partial charge in [-0.2, -0.15) is 0 Å². The highest BCUT2D eigenvalue weighted by atomic mass is 32.2. The number of sulfonamides is 1. The van der Waals surface area contributed by atoms with E-state index in [4.69, 9.17) is 0 Å². The molecule has 1 aliphatic carbocycles. The molecule has 0 heterocycles. The lowest BCUT2D eigenvalue weighted by atomic mass is 9.95. The minimum absolute atomic E-state index is 0.161. The third-order valence-corrected chi connectivity index (χ3v) is 5.74. The van der Waals surface area contributed by atoms with Gasteiger partial charge in [-0.25, -0.2) is 8.42 Å². The summed E-state index contributed by atoms with van der Waals surface area (Å²) in [4.78, 5) is 12.6. The van der Waals surface area contributed by atoms with Crippen LogP contribution in [-0.2, 0) is 14.8 Å². The monoisotopic (exact) mass is 352 g/mol. The van der Waals surface area contributed by atoms with Crippen molar-refractivity contribution in [2.45, 2.75) is 65.0 Å². The molecule has 1 atom stereocenters. The molecule has 5 nitrogen and oxygen atoms in total. The van der Waals surface area contributed by atoms with E-state index in [1.54, 1.807) is 19.1 Å². The number of hydrogen-bond acceptors (Lipinski definition) is 3. The van der Waals surface area contributed by atoms with Gasteiger partial charge >= 0.3 is 0 Å². The summed E-state index contributed by atoms with van der Waals surface area (Å²) in [6.07, 6.45) is 6.54. The predicted molar refractivity (Wildman–Crippen MR) is 97.7 cm³/mol. The van der Waals surface area contributed by atoms with Gasteiger partial charge in [-0.05, 0) is 56.9 Å². The average molecular weight is 353 g/mol. The van der Waals surface area contributed by atoms with Crippen molar-refractivity contribution >= 4 is 21.6 Å². The van der Waals surface area contributed by atoms with Gasteiger partial charge in [0.25, 0.3) is 0 Å². The second-order valence-corrected chi connectivity index (χ2v) is 8.78. The molecule has 0 aromatic heterocycles. The lowest BCUT2D eigenvalue weighted by molar-refractivity contribution is -0.122. The molecule has 1 fully saturated rings. The molecule has 2 rings (SSSR count). The number of nitrogens with one attached hydrogen (secondary N) is 1. The molecule has 1 unspecified atom stereocenters. The van der Waals surface area contributed by atoms with Crippen molar-refractivity contribution in [1.29, 1.82) is 0 Å². The number of anilines is 1. The van der Waals surface area contributed by atoms with Crippen LogP contribution in [0, 0.1) is 13.8 Å². The minimum atomic E-state index is -3.56. The first kappa shape index (κ1) is 18.8.